The van der Waals surface area contributed by atoms with E-state index in [1.807, 2.05) is 18.2 Å². The highest BCUT2D eigenvalue weighted by atomic mass is 32.2. The molecule has 0 radical (unpaired) electrons. The molecule has 0 spiro atoms. The fourth-order valence-corrected chi connectivity index (χ4v) is 3.56. The lowest BCUT2D eigenvalue weighted by molar-refractivity contribution is 1.42. The van der Waals surface area contributed by atoms with Crippen LogP contribution in [0.1, 0.15) is 0 Å². The van der Waals surface area contributed by atoms with Crippen molar-refractivity contribution in [2.75, 3.05) is 0 Å². The van der Waals surface area contributed by atoms with Crippen LogP contribution in [-0.2, 0) is 0 Å². The van der Waals surface area contributed by atoms with Crippen LogP contribution in [0.4, 0.5) is 0 Å². The van der Waals surface area contributed by atoms with Gasteiger partial charge in [0.25, 0.3) is 0 Å². The van der Waals surface area contributed by atoms with Crippen molar-refractivity contribution in [2.45, 2.75) is 0 Å². The van der Waals surface area contributed by atoms with E-state index in [1.165, 1.54) is 16.0 Å². The van der Waals surface area contributed by atoms with E-state index in [4.69, 9.17) is 0 Å². The lowest BCUT2D eigenvalue weighted by Gasteiger charge is -1.84. The van der Waals surface area contributed by atoms with Gasteiger partial charge in [-0.2, -0.15) is 0 Å². The molecule has 0 amide bonds. The highest BCUT2D eigenvalue weighted by Crippen LogP contribution is 2.33. The number of aromatic amines is 1. The predicted octanol–water partition coefficient (Wildman–Crippen LogP) is 2.80. The molecule has 2 nitrogen and oxygen atoms in total. The number of fused-ring (bicyclic) bond motifs is 3. The number of H-pyrrole nitrogens is 1. The molecule has 1 aromatic carbocycles. The highest BCUT2D eigenvalue weighted by Gasteiger charge is 2.06. The van der Waals surface area contributed by atoms with Gasteiger partial charge in [-0.25, -0.2) is 0 Å². The number of hydrogen-bond acceptors (Lipinski definition) is 3. The molecular weight excluding hydrogens is 202 g/mol. The molecule has 3 aromatic rings. The van der Waals surface area contributed by atoms with Crippen LogP contribution in [0.3, 0.4) is 0 Å². The highest BCUT2D eigenvalue weighted by molar-refractivity contribution is 7.40. The Morgan fingerprint density at radius 2 is 2.00 bits per heavy atom. The Morgan fingerprint density at radius 3 is 2.92 bits per heavy atom. The van der Waals surface area contributed by atoms with E-state index >= 15 is 0 Å². The van der Waals surface area contributed by atoms with Gasteiger partial charge in [-0.15, -0.1) is 11.3 Å². The Hall–Kier alpha value is -1.13. The lowest BCUT2D eigenvalue weighted by atomic mass is 10.2. The second-order valence-corrected chi connectivity index (χ2v) is 5.07. The SMILES string of the molecule is O=c1[nH]c2c(s1)sc1ccccc12. The predicted molar refractivity (Wildman–Crippen MR) is 57.8 cm³/mol. The van der Waals surface area contributed by atoms with Gasteiger partial charge in [-0.1, -0.05) is 29.5 Å². The molecule has 0 aliphatic rings. The lowest BCUT2D eigenvalue weighted by Crippen LogP contribution is -1.89. The minimum Gasteiger partial charge on any atom is -0.311 e. The van der Waals surface area contributed by atoms with Crippen LogP contribution >= 0.6 is 22.7 Å². The van der Waals surface area contributed by atoms with E-state index < -0.39 is 0 Å². The van der Waals surface area contributed by atoms with Gasteiger partial charge in [0.1, 0.15) is 4.01 Å². The number of benzene rings is 1. The summed E-state index contributed by atoms with van der Waals surface area (Å²) in [7, 11) is 0. The smallest absolute Gasteiger partial charge is 0.306 e. The molecule has 0 atom stereocenters. The Balaban J connectivity index is 2.67. The number of thiazole rings is 1. The zero-order valence-corrected chi connectivity index (χ0v) is 8.17. The number of thiophene rings is 1. The normalized spacial score (nSPS) is 11.4. The van der Waals surface area contributed by atoms with Crippen LogP contribution in [-0.4, -0.2) is 4.98 Å². The standard InChI is InChI=1S/C9H5NOS2/c11-9-10-7-5-3-1-2-4-6(5)12-8(7)13-9/h1-4H,(H,10,11). The van der Waals surface area contributed by atoms with Crippen LogP contribution in [0, 0.1) is 0 Å². The number of aromatic nitrogens is 1. The van der Waals surface area contributed by atoms with E-state index in [-0.39, 0.29) is 4.87 Å². The Bertz CT molecular complexity index is 631. The first-order valence-corrected chi connectivity index (χ1v) is 5.48. The molecule has 1 N–H and O–H groups in total. The zero-order chi connectivity index (χ0) is 8.84. The van der Waals surface area contributed by atoms with Gasteiger partial charge in [0, 0.05) is 10.1 Å². The first kappa shape index (κ1) is 7.29. The molecule has 2 aromatic heterocycles. The van der Waals surface area contributed by atoms with Gasteiger partial charge in [0.15, 0.2) is 0 Å². The second-order valence-electron chi connectivity index (χ2n) is 2.78. The third-order valence-electron chi connectivity index (χ3n) is 1.98. The van der Waals surface area contributed by atoms with Crippen molar-refractivity contribution in [2.24, 2.45) is 0 Å². The van der Waals surface area contributed by atoms with E-state index in [2.05, 4.69) is 11.1 Å². The largest absolute Gasteiger partial charge is 0.311 e. The van der Waals surface area contributed by atoms with Crippen LogP contribution in [0.2, 0.25) is 0 Å². The molecule has 13 heavy (non-hydrogen) atoms. The summed E-state index contributed by atoms with van der Waals surface area (Å²) in [5.41, 5.74) is 0.996. The van der Waals surface area contributed by atoms with Crippen molar-refractivity contribution in [3.05, 3.63) is 33.9 Å². The van der Waals surface area contributed by atoms with Gasteiger partial charge in [0.2, 0.25) is 0 Å². The minimum atomic E-state index is 0.0343. The average Bonchev–Trinajstić information content (AvgIpc) is 2.60. The third kappa shape index (κ3) is 0.959. The Morgan fingerprint density at radius 1 is 1.15 bits per heavy atom. The van der Waals surface area contributed by atoms with Crippen molar-refractivity contribution in [1.82, 2.24) is 4.98 Å². The zero-order valence-electron chi connectivity index (χ0n) is 6.53. The number of rotatable bonds is 0. The first-order chi connectivity index (χ1) is 6.34. The maximum absolute atomic E-state index is 11.1. The number of hydrogen-bond donors (Lipinski definition) is 1. The molecule has 0 fully saturated rings. The third-order valence-corrected chi connectivity index (χ3v) is 4.12. The first-order valence-electron chi connectivity index (χ1n) is 3.85. The second kappa shape index (κ2) is 2.43. The van der Waals surface area contributed by atoms with Gasteiger partial charge in [-0.05, 0) is 6.07 Å². The average molecular weight is 207 g/mol. The van der Waals surface area contributed by atoms with Crippen molar-refractivity contribution >= 4 is 42.3 Å². The van der Waals surface area contributed by atoms with Crippen LogP contribution in [0.5, 0.6) is 0 Å². The van der Waals surface area contributed by atoms with E-state index in [0.717, 1.165) is 14.9 Å². The number of nitrogens with one attached hydrogen (secondary N) is 1. The molecule has 0 saturated carbocycles. The van der Waals surface area contributed by atoms with Gasteiger partial charge < -0.3 is 4.98 Å². The van der Waals surface area contributed by atoms with Crippen LogP contribution in [0.15, 0.2) is 29.1 Å². The Labute approximate surface area is 81.5 Å². The summed E-state index contributed by atoms with van der Waals surface area (Å²) in [5.74, 6) is 0. The molecule has 0 bridgehead atoms. The molecule has 0 aliphatic carbocycles. The monoisotopic (exact) mass is 207 g/mol. The maximum Gasteiger partial charge on any atom is 0.306 e. The van der Waals surface area contributed by atoms with Crippen LogP contribution in [0.25, 0.3) is 19.6 Å². The molecule has 3 rings (SSSR count). The molecule has 0 saturated heterocycles. The molecular formula is C9H5NOS2. The molecule has 0 unspecified atom stereocenters. The van der Waals surface area contributed by atoms with E-state index in [0.29, 0.717) is 0 Å². The van der Waals surface area contributed by atoms with Crippen molar-refractivity contribution in [3.63, 3.8) is 0 Å². The fraction of sp³-hybridized carbons (Fsp3) is 0. The van der Waals surface area contributed by atoms with Gasteiger partial charge in [0.05, 0.1) is 5.52 Å². The summed E-state index contributed by atoms with van der Waals surface area (Å²) < 4.78 is 2.33. The van der Waals surface area contributed by atoms with E-state index in [1.54, 1.807) is 11.3 Å². The van der Waals surface area contributed by atoms with Crippen molar-refractivity contribution in [3.8, 4) is 0 Å². The topological polar surface area (TPSA) is 32.9 Å². The summed E-state index contributed by atoms with van der Waals surface area (Å²) in [6.07, 6.45) is 0. The molecule has 0 aliphatic heterocycles. The van der Waals surface area contributed by atoms with Gasteiger partial charge in [-0.3, -0.25) is 4.79 Å². The van der Waals surface area contributed by atoms with Crippen molar-refractivity contribution in [1.29, 1.82) is 0 Å². The van der Waals surface area contributed by atoms with Crippen molar-refractivity contribution < 1.29 is 0 Å². The fourth-order valence-electron chi connectivity index (χ4n) is 1.43. The Kier molecular flexibility index (Phi) is 1.36. The van der Waals surface area contributed by atoms with Gasteiger partial charge >= 0.3 is 4.87 Å². The summed E-state index contributed by atoms with van der Waals surface area (Å²) in [4.78, 5) is 14.0. The quantitative estimate of drug-likeness (QED) is 0.604. The summed E-state index contributed by atoms with van der Waals surface area (Å²) in [5, 5.41) is 1.15. The summed E-state index contributed by atoms with van der Waals surface area (Å²) in [6.45, 7) is 0. The minimum absolute atomic E-state index is 0.0343. The molecule has 64 valence electrons. The molecule has 4 heteroatoms. The maximum atomic E-state index is 11.1. The summed E-state index contributed by atoms with van der Waals surface area (Å²) >= 11 is 2.96. The summed E-state index contributed by atoms with van der Waals surface area (Å²) in [6, 6.07) is 8.12. The van der Waals surface area contributed by atoms with Crippen LogP contribution < -0.4 is 4.87 Å². The molecule has 2 heterocycles. The van der Waals surface area contributed by atoms with E-state index in [9.17, 15) is 4.79 Å².